The molecule has 0 aliphatic heterocycles. The first-order chi connectivity index (χ1) is 8.63. The molecule has 0 radical (unpaired) electrons. The van der Waals surface area contributed by atoms with Gasteiger partial charge in [-0.3, -0.25) is 0 Å². The number of benzene rings is 1. The molecule has 0 bridgehead atoms. The molecular weight excluding hydrogens is 330 g/mol. The number of thiophene rings is 1. The number of aryl methyl sites for hydroxylation is 1. The largest absolute Gasteiger partial charge is 0.306 e. The molecule has 96 valence electrons. The van der Waals surface area contributed by atoms with Gasteiger partial charge in [-0.15, -0.1) is 11.3 Å². The van der Waals surface area contributed by atoms with Crippen molar-refractivity contribution in [1.29, 1.82) is 0 Å². The standard InChI is InChI=1S/C14H15BrClNS/c1-3-17-14(11-7-8-12(16)18-11)10-6-4-5-9(2)13(10)15/h4-8,14,17H,3H2,1-2H3. The molecule has 4 heteroatoms. The Bertz CT molecular complexity index is 538. The zero-order chi connectivity index (χ0) is 13.1. The Morgan fingerprint density at radius 3 is 2.72 bits per heavy atom. The van der Waals surface area contributed by atoms with E-state index in [1.54, 1.807) is 11.3 Å². The average molecular weight is 345 g/mol. The maximum Gasteiger partial charge on any atom is 0.0931 e. The molecule has 2 rings (SSSR count). The highest BCUT2D eigenvalue weighted by Crippen LogP contribution is 2.35. The lowest BCUT2D eigenvalue weighted by Crippen LogP contribution is -2.21. The molecule has 1 aromatic heterocycles. The van der Waals surface area contributed by atoms with Crippen molar-refractivity contribution in [3.63, 3.8) is 0 Å². The van der Waals surface area contributed by atoms with Gasteiger partial charge in [0.15, 0.2) is 0 Å². The fourth-order valence-corrected chi connectivity index (χ4v) is 3.59. The third-order valence-corrected chi connectivity index (χ3v) is 5.20. The molecule has 1 heterocycles. The molecule has 2 aromatic rings. The lowest BCUT2D eigenvalue weighted by Gasteiger charge is -2.19. The maximum atomic E-state index is 6.04. The fourth-order valence-electron chi connectivity index (χ4n) is 1.94. The summed E-state index contributed by atoms with van der Waals surface area (Å²) in [5, 5.41) is 3.52. The molecule has 0 spiro atoms. The summed E-state index contributed by atoms with van der Waals surface area (Å²) in [4.78, 5) is 1.24. The summed E-state index contributed by atoms with van der Waals surface area (Å²) in [6, 6.07) is 10.6. The molecule has 0 amide bonds. The topological polar surface area (TPSA) is 12.0 Å². The Labute approximate surface area is 125 Å². The molecule has 0 saturated heterocycles. The third kappa shape index (κ3) is 2.97. The second-order valence-electron chi connectivity index (χ2n) is 4.11. The SMILES string of the molecule is CCNC(c1ccc(Cl)s1)c1cccc(C)c1Br. The van der Waals surface area contributed by atoms with E-state index in [9.17, 15) is 0 Å². The van der Waals surface area contributed by atoms with Gasteiger partial charge in [0.2, 0.25) is 0 Å². The monoisotopic (exact) mass is 343 g/mol. The minimum absolute atomic E-state index is 0.196. The number of halogens is 2. The van der Waals surface area contributed by atoms with Crippen molar-refractivity contribution >= 4 is 38.9 Å². The maximum absolute atomic E-state index is 6.04. The van der Waals surface area contributed by atoms with Gasteiger partial charge in [-0.25, -0.2) is 0 Å². The van der Waals surface area contributed by atoms with Crippen molar-refractivity contribution in [2.75, 3.05) is 6.54 Å². The van der Waals surface area contributed by atoms with Crippen LogP contribution in [0.15, 0.2) is 34.8 Å². The minimum Gasteiger partial charge on any atom is -0.306 e. The Balaban J connectivity index is 2.44. The summed E-state index contributed by atoms with van der Waals surface area (Å²) in [5.74, 6) is 0. The van der Waals surface area contributed by atoms with E-state index in [1.807, 2.05) is 6.07 Å². The third-order valence-electron chi connectivity index (χ3n) is 2.82. The van der Waals surface area contributed by atoms with Gasteiger partial charge in [0.05, 0.1) is 10.4 Å². The van der Waals surface area contributed by atoms with Gasteiger partial charge in [-0.05, 0) is 36.7 Å². The van der Waals surface area contributed by atoms with Gasteiger partial charge in [-0.1, -0.05) is 52.7 Å². The Morgan fingerprint density at radius 1 is 1.33 bits per heavy atom. The predicted molar refractivity (Wildman–Crippen MR) is 83.7 cm³/mol. The van der Waals surface area contributed by atoms with Crippen LogP contribution in [0.5, 0.6) is 0 Å². The van der Waals surface area contributed by atoms with Crippen LogP contribution in [0.25, 0.3) is 0 Å². The van der Waals surface area contributed by atoms with Gasteiger partial charge in [-0.2, -0.15) is 0 Å². The van der Waals surface area contributed by atoms with E-state index in [1.165, 1.54) is 20.5 Å². The van der Waals surface area contributed by atoms with E-state index in [0.29, 0.717) is 0 Å². The Morgan fingerprint density at radius 2 is 2.11 bits per heavy atom. The lowest BCUT2D eigenvalue weighted by molar-refractivity contribution is 0.637. The molecule has 0 saturated carbocycles. The van der Waals surface area contributed by atoms with Crippen LogP contribution in [0.3, 0.4) is 0 Å². The second-order valence-corrected chi connectivity index (χ2v) is 6.65. The van der Waals surface area contributed by atoms with Crippen LogP contribution in [0.4, 0.5) is 0 Å². The normalized spacial score (nSPS) is 12.7. The predicted octanol–water partition coefficient (Wildman–Crippen LogP) is 5.17. The van der Waals surface area contributed by atoms with Crippen molar-refractivity contribution in [3.05, 3.63) is 55.1 Å². The highest BCUT2D eigenvalue weighted by Gasteiger charge is 2.18. The lowest BCUT2D eigenvalue weighted by atomic mass is 10.0. The van der Waals surface area contributed by atoms with Crippen molar-refractivity contribution in [3.8, 4) is 0 Å². The first-order valence-electron chi connectivity index (χ1n) is 5.87. The fraction of sp³-hybridized carbons (Fsp3) is 0.286. The van der Waals surface area contributed by atoms with Gasteiger partial charge in [0.25, 0.3) is 0 Å². The summed E-state index contributed by atoms with van der Waals surface area (Å²) in [5.41, 5.74) is 2.51. The zero-order valence-corrected chi connectivity index (χ0v) is 13.5. The van der Waals surface area contributed by atoms with Gasteiger partial charge >= 0.3 is 0 Å². The molecule has 18 heavy (non-hydrogen) atoms. The summed E-state index contributed by atoms with van der Waals surface area (Å²) >= 11 is 11.4. The summed E-state index contributed by atoms with van der Waals surface area (Å²) in [7, 11) is 0. The zero-order valence-electron chi connectivity index (χ0n) is 10.3. The Hall–Kier alpha value is -0.350. The van der Waals surface area contributed by atoms with Crippen molar-refractivity contribution in [2.45, 2.75) is 19.9 Å². The summed E-state index contributed by atoms with van der Waals surface area (Å²) in [6.07, 6.45) is 0. The average Bonchev–Trinajstić information content (AvgIpc) is 2.77. The van der Waals surface area contributed by atoms with Crippen LogP contribution >= 0.6 is 38.9 Å². The van der Waals surface area contributed by atoms with Crippen LogP contribution < -0.4 is 5.32 Å². The van der Waals surface area contributed by atoms with Crippen molar-refractivity contribution in [1.82, 2.24) is 5.32 Å². The van der Waals surface area contributed by atoms with Crippen molar-refractivity contribution < 1.29 is 0 Å². The first kappa shape index (κ1) is 14.1. The molecule has 0 aliphatic rings. The molecular formula is C14H15BrClNS. The molecule has 1 atom stereocenters. The molecule has 1 unspecified atom stereocenters. The quantitative estimate of drug-likeness (QED) is 0.806. The van der Waals surface area contributed by atoms with Gasteiger partial charge in [0.1, 0.15) is 0 Å². The van der Waals surface area contributed by atoms with E-state index in [0.717, 1.165) is 10.9 Å². The number of hydrogen-bond acceptors (Lipinski definition) is 2. The van der Waals surface area contributed by atoms with Crippen LogP contribution in [0, 0.1) is 6.92 Å². The highest BCUT2D eigenvalue weighted by molar-refractivity contribution is 9.10. The van der Waals surface area contributed by atoms with Crippen LogP contribution in [0.2, 0.25) is 4.34 Å². The molecule has 1 nitrogen and oxygen atoms in total. The number of rotatable bonds is 4. The van der Waals surface area contributed by atoms with Crippen LogP contribution in [0.1, 0.15) is 29.0 Å². The molecule has 0 aliphatic carbocycles. The first-order valence-corrected chi connectivity index (χ1v) is 7.86. The Kier molecular flexibility index (Phi) is 4.84. The van der Waals surface area contributed by atoms with Crippen LogP contribution in [-0.2, 0) is 0 Å². The highest BCUT2D eigenvalue weighted by atomic mass is 79.9. The smallest absolute Gasteiger partial charge is 0.0931 e. The van der Waals surface area contributed by atoms with E-state index in [2.05, 4.69) is 59.4 Å². The summed E-state index contributed by atoms with van der Waals surface area (Å²) in [6.45, 7) is 5.14. The van der Waals surface area contributed by atoms with Gasteiger partial charge in [0, 0.05) is 9.35 Å². The number of nitrogens with one attached hydrogen (secondary N) is 1. The summed E-state index contributed by atoms with van der Waals surface area (Å²) < 4.78 is 2.00. The van der Waals surface area contributed by atoms with E-state index in [4.69, 9.17) is 11.6 Å². The molecule has 1 aromatic carbocycles. The van der Waals surface area contributed by atoms with Crippen LogP contribution in [-0.4, -0.2) is 6.54 Å². The number of hydrogen-bond donors (Lipinski definition) is 1. The van der Waals surface area contributed by atoms with E-state index >= 15 is 0 Å². The van der Waals surface area contributed by atoms with E-state index in [-0.39, 0.29) is 6.04 Å². The van der Waals surface area contributed by atoms with Crippen molar-refractivity contribution in [2.24, 2.45) is 0 Å². The molecule has 0 fully saturated rings. The van der Waals surface area contributed by atoms with Gasteiger partial charge < -0.3 is 5.32 Å². The molecule has 1 N–H and O–H groups in total. The minimum atomic E-state index is 0.196. The van der Waals surface area contributed by atoms with E-state index < -0.39 is 0 Å². The second kappa shape index (κ2) is 6.20.